The first-order chi connectivity index (χ1) is 6.80. The minimum absolute atomic E-state index is 0.00157. The molecule has 0 bridgehead atoms. The van der Waals surface area contributed by atoms with Crippen LogP contribution in [0.3, 0.4) is 0 Å². The van der Waals surface area contributed by atoms with Crippen LogP contribution in [0.2, 0.25) is 0 Å². The minimum atomic E-state index is -4.50. The predicted octanol–water partition coefficient (Wildman–Crippen LogP) is 1.69. The van der Waals surface area contributed by atoms with E-state index in [0.717, 1.165) is 6.07 Å². The molecule has 0 saturated carbocycles. The molecule has 0 aromatic carbocycles. The molecule has 0 aliphatic rings. The van der Waals surface area contributed by atoms with Gasteiger partial charge in [0, 0.05) is 12.1 Å². The number of rotatable bonds is 3. The third-order valence-corrected chi connectivity index (χ3v) is 1.87. The van der Waals surface area contributed by atoms with Gasteiger partial charge < -0.3 is 5.11 Å². The van der Waals surface area contributed by atoms with Gasteiger partial charge in [0.2, 0.25) is 0 Å². The molecule has 84 valence electrons. The Labute approximate surface area is 83.1 Å². The van der Waals surface area contributed by atoms with Gasteiger partial charge in [0.05, 0.1) is 5.92 Å². The summed E-state index contributed by atoms with van der Waals surface area (Å²) in [7, 11) is 0. The number of aromatic nitrogens is 2. The van der Waals surface area contributed by atoms with E-state index in [4.69, 9.17) is 5.11 Å². The molecule has 0 radical (unpaired) electrons. The number of nitrogens with one attached hydrogen (secondary N) is 1. The van der Waals surface area contributed by atoms with Crippen molar-refractivity contribution >= 4 is 5.97 Å². The van der Waals surface area contributed by atoms with E-state index in [9.17, 15) is 18.0 Å². The van der Waals surface area contributed by atoms with Crippen molar-refractivity contribution in [1.29, 1.82) is 0 Å². The third kappa shape index (κ3) is 2.97. The van der Waals surface area contributed by atoms with Crippen LogP contribution in [0.1, 0.15) is 18.3 Å². The van der Waals surface area contributed by atoms with Crippen LogP contribution in [0, 0.1) is 5.92 Å². The largest absolute Gasteiger partial charge is 0.481 e. The van der Waals surface area contributed by atoms with Crippen LogP contribution in [-0.4, -0.2) is 21.3 Å². The molecule has 4 nitrogen and oxygen atoms in total. The third-order valence-electron chi connectivity index (χ3n) is 1.87. The number of hydrogen-bond donors (Lipinski definition) is 2. The number of halogens is 3. The van der Waals surface area contributed by atoms with E-state index in [2.05, 4.69) is 10.2 Å². The molecule has 0 spiro atoms. The lowest BCUT2D eigenvalue weighted by atomic mass is 10.1. The second kappa shape index (κ2) is 3.92. The molecule has 0 fully saturated rings. The summed E-state index contributed by atoms with van der Waals surface area (Å²) in [5, 5.41) is 13.8. The van der Waals surface area contributed by atoms with Gasteiger partial charge in [-0.15, -0.1) is 0 Å². The Morgan fingerprint density at radius 1 is 1.67 bits per heavy atom. The molecule has 1 aromatic heterocycles. The van der Waals surface area contributed by atoms with Crippen molar-refractivity contribution in [3.8, 4) is 0 Å². The zero-order chi connectivity index (χ0) is 11.6. The standard InChI is InChI=1S/C8H9F3N2O2/c1-4(7(14)15)2-5-3-6(13-12-5)8(9,10)11/h3-4H,2H2,1H3,(H,12,13)(H,14,15). The monoisotopic (exact) mass is 222 g/mol. The molecule has 0 amide bonds. The summed E-state index contributed by atoms with van der Waals surface area (Å²) in [5.74, 6) is -1.80. The van der Waals surface area contributed by atoms with Gasteiger partial charge in [-0.25, -0.2) is 0 Å². The highest BCUT2D eigenvalue weighted by atomic mass is 19.4. The summed E-state index contributed by atoms with van der Waals surface area (Å²) in [4.78, 5) is 10.5. The van der Waals surface area contributed by atoms with E-state index in [1.54, 1.807) is 0 Å². The van der Waals surface area contributed by atoms with Crippen molar-refractivity contribution in [1.82, 2.24) is 10.2 Å². The average Bonchev–Trinajstić information content (AvgIpc) is 2.51. The molecule has 1 rings (SSSR count). The lowest BCUT2D eigenvalue weighted by molar-refractivity contribution is -0.141. The molecule has 0 aliphatic carbocycles. The Morgan fingerprint density at radius 2 is 2.27 bits per heavy atom. The summed E-state index contributed by atoms with van der Waals surface area (Å²) in [6, 6.07) is 0.819. The van der Waals surface area contributed by atoms with Crippen LogP contribution in [0.4, 0.5) is 13.2 Å². The van der Waals surface area contributed by atoms with Crippen molar-refractivity contribution in [2.45, 2.75) is 19.5 Å². The lowest BCUT2D eigenvalue weighted by Gasteiger charge is -2.02. The van der Waals surface area contributed by atoms with Gasteiger partial charge in [0.15, 0.2) is 5.69 Å². The topological polar surface area (TPSA) is 66.0 Å². The van der Waals surface area contributed by atoms with Crippen LogP contribution < -0.4 is 0 Å². The van der Waals surface area contributed by atoms with Gasteiger partial charge >= 0.3 is 12.1 Å². The van der Waals surface area contributed by atoms with E-state index in [0.29, 0.717) is 0 Å². The van der Waals surface area contributed by atoms with Gasteiger partial charge in [0.25, 0.3) is 0 Å². The molecule has 0 saturated heterocycles. The number of aliphatic carboxylic acids is 1. The molecule has 1 atom stereocenters. The molecule has 7 heteroatoms. The van der Waals surface area contributed by atoms with Crippen LogP contribution in [-0.2, 0) is 17.4 Å². The minimum Gasteiger partial charge on any atom is -0.481 e. The number of H-pyrrole nitrogens is 1. The number of carboxylic acid groups (broad SMARTS) is 1. The maximum Gasteiger partial charge on any atom is 0.435 e. The SMILES string of the molecule is CC(Cc1cc(C(F)(F)F)n[nH]1)C(=O)O. The summed E-state index contributed by atoms with van der Waals surface area (Å²) < 4.78 is 36.3. The fourth-order valence-electron chi connectivity index (χ4n) is 1.03. The van der Waals surface area contributed by atoms with E-state index in [1.165, 1.54) is 6.92 Å². The van der Waals surface area contributed by atoms with E-state index in [-0.39, 0.29) is 12.1 Å². The number of carboxylic acids is 1. The highest BCUT2D eigenvalue weighted by Crippen LogP contribution is 2.28. The lowest BCUT2D eigenvalue weighted by Crippen LogP contribution is -2.12. The number of nitrogens with zero attached hydrogens (tertiary/aromatic N) is 1. The first-order valence-electron chi connectivity index (χ1n) is 4.15. The number of hydrogen-bond acceptors (Lipinski definition) is 2. The van der Waals surface area contributed by atoms with Crippen molar-refractivity contribution in [2.75, 3.05) is 0 Å². The van der Waals surface area contributed by atoms with Gasteiger partial charge in [-0.2, -0.15) is 18.3 Å². The zero-order valence-corrected chi connectivity index (χ0v) is 7.80. The number of aromatic amines is 1. The van der Waals surface area contributed by atoms with Gasteiger partial charge in [-0.3, -0.25) is 9.89 Å². The Morgan fingerprint density at radius 3 is 2.67 bits per heavy atom. The van der Waals surface area contributed by atoms with Crippen LogP contribution >= 0.6 is 0 Å². The fourth-order valence-corrected chi connectivity index (χ4v) is 1.03. The van der Waals surface area contributed by atoms with Crippen molar-refractivity contribution in [2.24, 2.45) is 5.92 Å². The molecule has 2 N–H and O–H groups in total. The Hall–Kier alpha value is -1.53. The Balaban J connectivity index is 2.73. The molecular formula is C8H9F3N2O2. The predicted molar refractivity (Wildman–Crippen MR) is 44.1 cm³/mol. The summed E-state index contributed by atoms with van der Waals surface area (Å²) in [6.45, 7) is 1.41. The molecule has 1 heterocycles. The second-order valence-corrected chi connectivity index (χ2v) is 3.22. The zero-order valence-electron chi connectivity index (χ0n) is 7.80. The number of carbonyl (C=O) groups is 1. The molecule has 15 heavy (non-hydrogen) atoms. The Bertz CT molecular complexity index is 359. The molecule has 1 aromatic rings. The maximum atomic E-state index is 12.1. The van der Waals surface area contributed by atoms with E-state index < -0.39 is 23.8 Å². The van der Waals surface area contributed by atoms with Crippen LogP contribution in [0.5, 0.6) is 0 Å². The second-order valence-electron chi connectivity index (χ2n) is 3.22. The van der Waals surface area contributed by atoms with E-state index >= 15 is 0 Å². The smallest absolute Gasteiger partial charge is 0.435 e. The normalized spacial score (nSPS) is 13.9. The highest BCUT2D eigenvalue weighted by Gasteiger charge is 2.34. The molecule has 1 unspecified atom stereocenters. The maximum absolute atomic E-state index is 12.1. The molecular weight excluding hydrogens is 213 g/mol. The summed E-state index contributed by atoms with van der Waals surface area (Å²) >= 11 is 0. The van der Waals surface area contributed by atoms with Crippen molar-refractivity contribution in [3.63, 3.8) is 0 Å². The summed E-state index contributed by atoms with van der Waals surface area (Å²) in [5.41, 5.74) is -0.868. The first-order valence-corrected chi connectivity index (χ1v) is 4.15. The first kappa shape index (κ1) is 11.5. The van der Waals surface area contributed by atoms with E-state index in [1.807, 2.05) is 0 Å². The fraction of sp³-hybridized carbons (Fsp3) is 0.500. The van der Waals surface area contributed by atoms with Crippen molar-refractivity contribution < 1.29 is 23.1 Å². The van der Waals surface area contributed by atoms with Gasteiger partial charge in [0.1, 0.15) is 0 Å². The van der Waals surface area contributed by atoms with Gasteiger partial charge in [-0.1, -0.05) is 6.92 Å². The molecule has 0 aliphatic heterocycles. The van der Waals surface area contributed by atoms with Crippen LogP contribution in [0.25, 0.3) is 0 Å². The highest BCUT2D eigenvalue weighted by molar-refractivity contribution is 5.69. The van der Waals surface area contributed by atoms with Gasteiger partial charge in [-0.05, 0) is 6.07 Å². The Kier molecular flexibility index (Phi) is 3.01. The summed E-state index contributed by atoms with van der Waals surface area (Å²) in [6.07, 6.45) is -4.50. The average molecular weight is 222 g/mol. The number of alkyl halides is 3. The van der Waals surface area contributed by atoms with Crippen molar-refractivity contribution in [3.05, 3.63) is 17.5 Å². The van der Waals surface area contributed by atoms with Crippen LogP contribution in [0.15, 0.2) is 6.07 Å². The quantitative estimate of drug-likeness (QED) is 0.817.